The van der Waals surface area contributed by atoms with E-state index in [2.05, 4.69) is 5.32 Å². The first kappa shape index (κ1) is 16.7. The van der Waals surface area contributed by atoms with Crippen LogP contribution in [0.5, 0.6) is 17.2 Å². The minimum absolute atomic E-state index is 0.00627. The molecule has 0 fully saturated rings. The van der Waals surface area contributed by atoms with Crippen molar-refractivity contribution in [3.8, 4) is 17.2 Å². The number of ether oxygens (including phenoxy) is 3. The van der Waals surface area contributed by atoms with Gasteiger partial charge in [-0.3, -0.25) is 14.5 Å². The third-order valence-corrected chi connectivity index (χ3v) is 4.11. The number of hydrogen-bond acceptors (Lipinski definition) is 6. The zero-order valence-corrected chi connectivity index (χ0v) is 13.9. The number of nitrogens with zero attached hydrogens (tertiary/aromatic N) is 1. The molecule has 4 rings (SSSR count). The van der Waals surface area contributed by atoms with Crippen LogP contribution in [0.4, 0.5) is 11.4 Å². The van der Waals surface area contributed by atoms with Crippen molar-refractivity contribution in [3.05, 3.63) is 42.0 Å². The van der Waals surface area contributed by atoms with Gasteiger partial charge in [-0.2, -0.15) is 0 Å². The Hall–Kier alpha value is -3.75. The van der Waals surface area contributed by atoms with Gasteiger partial charge in [-0.05, 0) is 30.3 Å². The molecule has 2 aliphatic heterocycles. The van der Waals surface area contributed by atoms with E-state index in [4.69, 9.17) is 19.3 Å². The molecule has 0 aliphatic carbocycles. The highest BCUT2D eigenvalue weighted by atomic mass is 16.7. The van der Waals surface area contributed by atoms with Gasteiger partial charge in [0.1, 0.15) is 12.3 Å². The predicted octanol–water partition coefficient (Wildman–Crippen LogP) is 1.48. The van der Waals surface area contributed by atoms with Crippen molar-refractivity contribution in [2.45, 2.75) is 0 Å². The van der Waals surface area contributed by atoms with Crippen LogP contribution in [-0.2, 0) is 9.59 Å². The fourth-order valence-electron chi connectivity index (χ4n) is 2.83. The number of nitrogens with one attached hydrogen (secondary N) is 1. The molecular formula is C18H14N2O7. The van der Waals surface area contributed by atoms with Gasteiger partial charge in [0.2, 0.25) is 12.7 Å². The van der Waals surface area contributed by atoms with Crippen molar-refractivity contribution in [1.82, 2.24) is 0 Å². The molecule has 0 unspecified atom stereocenters. The molecule has 2 N–H and O–H groups in total. The number of carbonyl (C=O) groups excluding carboxylic acids is 2. The van der Waals surface area contributed by atoms with Crippen molar-refractivity contribution in [1.29, 1.82) is 0 Å². The standard InChI is InChI=1S/C18H14N2O7/c21-16(19-11-2-4-14-15(6-11)27-9-26-14)7-20-12-5-10(18(23)24)1-3-13(12)25-8-17(20)22/h1-6H,7-9H2,(H,19,21)(H,23,24). The molecule has 2 aromatic carbocycles. The molecular weight excluding hydrogens is 356 g/mol. The second-order valence-electron chi connectivity index (χ2n) is 5.87. The lowest BCUT2D eigenvalue weighted by Gasteiger charge is -2.29. The normalized spacial score (nSPS) is 14.4. The molecule has 2 aromatic rings. The first-order valence-corrected chi connectivity index (χ1v) is 8.01. The highest BCUT2D eigenvalue weighted by molar-refractivity contribution is 6.05. The van der Waals surface area contributed by atoms with Gasteiger partial charge in [-0.1, -0.05) is 0 Å². The Labute approximate surface area is 153 Å². The first-order valence-electron chi connectivity index (χ1n) is 8.01. The Bertz CT molecular complexity index is 957. The van der Waals surface area contributed by atoms with Crippen LogP contribution in [0.25, 0.3) is 0 Å². The number of carboxylic acid groups (broad SMARTS) is 1. The van der Waals surface area contributed by atoms with Crippen LogP contribution < -0.4 is 24.4 Å². The summed E-state index contributed by atoms with van der Waals surface area (Å²) in [5.41, 5.74) is 0.727. The monoisotopic (exact) mass is 370 g/mol. The zero-order chi connectivity index (χ0) is 19.0. The summed E-state index contributed by atoms with van der Waals surface area (Å²) in [7, 11) is 0. The van der Waals surface area contributed by atoms with Gasteiger partial charge in [0, 0.05) is 11.8 Å². The Balaban J connectivity index is 1.53. The van der Waals surface area contributed by atoms with Crippen LogP contribution in [-0.4, -0.2) is 42.8 Å². The van der Waals surface area contributed by atoms with Gasteiger partial charge >= 0.3 is 5.97 Å². The van der Waals surface area contributed by atoms with E-state index in [0.717, 1.165) is 0 Å². The smallest absolute Gasteiger partial charge is 0.335 e. The lowest BCUT2D eigenvalue weighted by Crippen LogP contribution is -2.43. The number of carbonyl (C=O) groups is 3. The summed E-state index contributed by atoms with van der Waals surface area (Å²) in [4.78, 5) is 37.0. The van der Waals surface area contributed by atoms with E-state index in [9.17, 15) is 14.4 Å². The van der Waals surface area contributed by atoms with Crippen LogP contribution in [0.3, 0.4) is 0 Å². The van der Waals surface area contributed by atoms with Crippen LogP contribution in [0.1, 0.15) is 10.4 Å². The Morgan fingerprint density at radius 3 is 2.63 bits per heavy atom. The molecule has 0 saturated heterocycles. The molecule has 0 saturated carbocycles. The molecule has 2 heterocycles. The van der Waals surface area contributed by atoms with Crippen molar-refractivity contribution in [3.63, 3.8) is 0 Å². The summed E-state index contributed by atoms with van der Waals surface area (Å²) < 4.78 is 15.8. The molecule has 0 atom stereocenters. The number of anilines is 2. The van der Waals surface area contributed by atoms with Gasteiger partial charge in [0.05, 0.1) is 11.3 Å². The number of rotatable bonds is 4. The summed E-state index contributed by atoms with van der Waals surface area (Å²) in [6.45, 7) is -0.388. The third-order valence-electron chi connectivity index (χ3n) is 4.11. The molecule has 9 heteroatoms. The van der Waals surface area contributed by atoms with E-state index >= 15 is 0 Å². The maximum atomic E-state index is 12.4. The number of benzene rings is 2. The zero-order valence-electron chi connectivity index (χ0n) is 13.9. The Kier molecular flexibility index (Phi) is 4.03. The van der Waals surface area contributed by atoms with Crippen molar-refractivity contribution < 1.29 is 33.7 Å². The fraction of sp³-hybridized carbons (Fsp3) is 0.167. The molecule has 0 radical (unpaired) electrons. The maximum Gasteiger partial charge on any atom is 0.335 e. The third kappa shape index (κ3) is 3.22. The van der Waals surface area contributed by atoms with E-state index in [1.165, 1.54) is 23.1 Å². The lowest BCUT2D eigenvalue weighted by molar-refractivity contribution is -0.123. The van der Waals surface area contributed by atoms with Crippen LogP contribution in [0.2, 0.25) is 0 Å². The van der Waals surface area contributed by atoms with Gasteiger partial charge < -0.3 is 24.6 Å². The SMILES string of the molecule is O=C(CN1C(=O)COc2ccc(C(=O)O)cc21)Nc1ccc2c(c1)OCO2. The van der Waals surface area contributed by atoms with Crippen LogP contribution in [0.15, 0.2) is 36.4 Å². The summed E-state index contributed by atoms with van der Waals surface area (Å²) >= 11 is 0. The topological polar surface area (TPSA) is 114 Å². The van der Waals surface area contributed by atoms with Gasteiger partial charge in [-0.25, -0.2) is 4.79 Å². The predicted molar refractivity (Wildman–Crippen MR) is 92.4 cm³/mol. The number of carboxylic acids is 1. The molecule has 2 aliphatic rings. The van der Waals surface area contributed by atoms with Crippen molar-refractivity contribution >= 4 is 29.2 Å². The number of hydrogen-bond donors (Lipinski definition) is 2. The summed E-state index contributed by atoms with van der Waals surface area (Å²) in [6.07, 6.45) is 0. The quantitative estimate of drug-likeness (QED) is 0.838. The van der Waals surface area contributed by atoms with Crippen LogP contribution >= 0.6 is 0 Å². The number of aromatic carboxylic acids is 1. The van der Waals surface area contributed by atoms with E-state index in [0.29, 0.717) is 22.9 Å². The average molecular weight is 370 g/mol. The second kappa shape index (κ2) is 6.52. The minimum Gasteiger partial charge on any atom is -0.482 e. The van der Waals surface area contributed by atoms with E-state index in [-0.39, 0.29) is 31.2 Å². The molecule has 0 aromatic heterocycles. The fourth-order valence-corrected chi connectivity index (χ4v) is 2.83. The molecule has 0 bridgehead atoms. The van der Waals surface area contributed by atoms with E-state index < -0.39 is 17.8 Å². The summed E-state index contributed by atoms with van der Waals surface area (Å²) in [5, 5.41) is 11.8. The van der Waals surface area contributed by atoms with Gasteiger partial charge in [0.25, 0.3) is 5.91 Å². The Morgan fingerprint density at radius 2 is 1.81 bits per heavy atom. The summed E-state index contributed by atoms with van der Waals surface area (Å²) in [6, 6.07) is 9.10. The van der Waals surface area contributed by atoms with E-state index in [1.807, 2.05) is 0 Å². The van der Waals surface area contributed by atoms with Crippen molar-refractivity contribution in [2.75, 3.05) is 30.2 Å². The average Bonchev–Trinajstić information content (AvgIpc) is 3.11. The number of fused-ring (bicyclic) bond motifs is 2. The van der Waals surface area contributed by atoms with Crippen LogP contribution in [0, 0.1) is 0 Å². The van der Waals surface area contributed by atoms with Gasteiger partial charge in [0.15, 0.2) is 18.1 Å². The molecule has 9 nitrogen and oxygen atoms in total. The first-order chi connectivity index (χ1) is 13.0. The minimum atomic E-state index is -1.14. The molecule has 27 heavy (non-hydrogen) atoms. The number of amides is 2. The second-order valence-corrected chi connectivity index (χ2v) is 5.87. The molecule has 138 valence electrons. The van der Waals surface area contributed by atoms with Gasteiger partial charge in [-0.15, -0.1) is 0 Å². The molecule has 2 amide bonds. The highest BCUT2D eigenvalue weighted by Gasteiger charge is 2.28. The van der Waals surface area contributed by atoms with Crippen molar-refractivity contribution in [2.24, 2.45) is 0 Å². The largest absolute Gasteiger partial charge is 0.482 e. The lowest BCUT2D eigenvalue weighted by atomic mass is 10.1. The summed E-state index contributed by atoms with van der Waals surface area (Å²) in [5.74, 6) is -0.573. The Morgan fingerprint density at radius 1 is 1.04 bits per heavy atom. The van der Waals surface area contributed by atoms with E-state index in [1.54, 1.807) is 18.2 Å². The molecule has 0 spiro atoms. The highest BCUT2D eigenvalue weighted by Crippen LogP contribution is 2.35. The maximum absolute atomic E-state index is 12.4.